The van der Waals surface area contributed by atoms with Crippen LogP contribution in [0.4, 0.5) is 0 Å². The summed E-state index contributed by atoms with van der Waals surface area (Å²) >= 11 is 0. The number of methoxy groups -OCH3 is 1. The van der Waals surface area contributed by atoms with E-state index >= 15 is 0 Å². The van der Waals surface area contributed by atoms with Crippen LogP contribution in [0.15, 0.2) is 57.4 Å². The lowest BCUT2D eigenvalue weighted by Crippen LogP contribution is -2.64. The Morgan fingerprint density at radius 3 is 2.33 bits per heavy atom. The molecule has 0 bridgehead atoms. The molecule has 0 saturated heterocycles. The Labute approximate surface area is 212 Å². The Morgan fingerprint density at radius 2 is 1.69 bits per heavy atom. The number of ketones is 2. The van der Waals surface area contributed by atoms with E-state index in [1.165, 1.54) is 12.7 Å². The fraction of sp³-hybridized carbons (Fsp3) is 0.567. The summed E-state index contributed by atoms with van der Waals surface area (Å²) in [5.41, 5.74) is 3.00. The van der Waals surface area contributed by atoms with E-state index in [1.54, 1.807) is 19.9 Å². The molecule has 0 aromatic rings. The second-order valence-corrected chi connectivity index (χ2v) is 12.5. The minimum Gasteiger partial charge on any atom is -0.504 e. The number of Topliss-reactive ketones (excluding diaryl/α,β-unsaturated/α-hetero) is 1. The van der Waals surface area contributed by atoms with Crippen molar-refractivity contribution in [3.05, 3.63) is 57.4 Å². The van der Waals surface area contributed by atoms with Crippen LogP contribution in [0.1, 0.15) is 67.2 Å². The second kappa shape index (κ2) is 7.41. The maximum Gasteiger partial charge on any atom is 0.314 e. The molecular weight excluding hydrogens is 456 g/mol. The SMILES string of the molecule is COC(=O)[C@@]1(C)CC2[C@@](C)(CC(C)=C3C4=CC=C5C(=CC(=O)C(O)=C5C)[C@]4(C)CC[C@]32C)C(=O)[C@@H]1O. The van der Waals surface area contributed by atoms with Gasteiger partial charge in [0.1, 0.15) is 6.10 Å². The first-order chi connectivity index (χ1) is 16.7. The summed E-state index contributed by atoms with van der Waals surface area (Å²) in [4.78, 5) is 39.2. The average Bonchev–Trinajstić information content (AvgIpc) is 2.83. The smallest absolute Gasteiger partial charge is 0.314 e. The van der Waals surface area contributed by atoms with E-state index in [1.807, 2.05) is 13.0 Å². The van der Waals surface area contributed by atoms with Crippen molar-refractivity contribution in [3.63, 3.8) is 0 Å². The van der Waals surface area contributed by atoms with Gasteiger partial charge in [-0.1, -0.05) is 38.5 Å². The lowest BCUT2D eigenvalue weighted by Gasteiger charge is -2.63. The van der Waals surface area contributed by atoms with Crippen molar-refractivity contribution >= 4 is 17.5 Å². The number of aliphatic hydroxyl groups excluding tert-OH is 2. The third kappa shape index (κ3) is 2.79. The van der Waals surface area contributed by atoms with Crippen LogP contribution in [0.2, 0.25) is 0 Å². The molecule has 0 aromatic carbocycles. The minimum atomic E-state index is -1.40. The minimum absolute atomic E-state index is 0.160. The number of allylic oxidation sites excluding steroid dienone is 9. The van der Waals surface area contributed by atoms with Gasteiger partial charge in [0.05, 0.1) is 12.5 Å². The molecule has 36 heavy (non-hydrogen) atoms. The van der Waals surface area contributed by atoms with E-state index in [4.69, 9.17) is 4.74 Å². The molecule has 6 atom stereocenters. The lowest BCUT2D eigenvalue weighted by molar-refractivity contribution is -0.184. The molecule has 0 radical (unpaired) electrons. The fourth-order valence-corrected chi connectivity index (χ4v) is 8.34. The zero-order valence-corrected chi connectivity index (χ0v) is 22.2. The first-order valence-electron chi connectivity index (χ1n) is 12.8. The van der Waals surface area contributed by atoms with E-state index in [0.29, 0.717) is 18.4 Å². The predicted octanol–water partition coefficient (Wildman–Crippen LogP) is 4.86. The van der Waals surface area contributed by atoms with Crippen molar-refractivity contribution < 1.29 is 29.3 Å². The van der Waals surface area contributed by atoms with Crippen molar-refractivity contribution in [1.29, 1.82) is 0 Å². The molecule has 5 aliphatic rings. The molecule has 192 valence electrons. The zero-order valence-electron chi connectivity index (χ0n) is 22.2. The molecular formula is C30H36O6. The molecule has 2 fully saturated rings. The largest absolute Gasteiger partial charge is 0.504 e. The van der Waals surface area contributed by atoms with E-state index < -0.39 is 33.7 Å². The average molecular weight is 493 g/mol. The number of carbonyl (C=O) groups is 3. The van der Waals surface area contributed by atoms with Crippen LogP contribution in [0, 0.1) is 27.6 Å². The van der Waals surface area contributed by atoms with Crippen LogP contribution >= 0.6 is 0 Å². The highest BCUT2D eigenvalue weighted by molar-refractivity contribution is 6.06. The fourth-order valence-electron chi connectivity index (χ4n) is 8.34. The monoisotopic (exact) mass is 492 g/mol. The van der Waals surface area contributed by atoms with Crippen LogP contribution in [-0.4, -0.2) is 41.0 Å². The molecule has 6 heteroatoms. The standard InChI is InChI=1S/C30H36O6/c1-15-13-29(5)21(14-30(6,26(35)36-7)25(34)24(29)33)28(4)11-10-27(3)18(22(15)28)9-8-17-16(2)23(32)20(31)12-19(17)27/h8-9,12,21,25,32,34H,10-11,13-14H2,1-7H3/t21?,25-,27+,28-,29+,30-/m0/s1. The molecule has 1 unspecified atom stereocenters. The number of esters is 1. The normalized spacial score (nSPS) is 41.9. The van der Waals surface area contributed by atoms with E-state index in [9.17, 15) is 24.6 Å². The number of fused-ring (bicyclic) bond motifs is 7. The number of aliphatic hydroxyl groups is 2. The van der Waals surface area contributed by atoms with Crippen LogP contribution in [0.25, 0.3) is 0 Å². The third-order valence-electron chi connectivity index (χ3n) is 10.4. The molecule has 5 rings (SSSR count). The summed E-state index contributed by atoms with van der Waals surface area (Å²) in [7, 11) is 1.30. The van der Waals surface area contributed by atoms with Gasteiger partial charge in [-0.25, -0.2) is 0 Å². The van der Waals surface area contributed by atoms with Gasteiger partial charge in [-0.15, -0.1) is 0 Å². The van der Waals surface area contributed by atoms with Crippen LogP contribution in [0.3, 0.4) is 0 Å². The Bertz CT molecular complexity index is 1290. The third-order valence-corrected chi connectivity index (χ3v) is 10.4. The highest BCUT2D eigenvalue weighted by atomic mass is 16.5. The highest BCUT2D eigenvalue weighted by Gasteiger charge is 2.67. The van der Waals surface area contributed by atoms with Gasteiger partial charge in [-0.05, 0) is 86.2 Å². The van der Waals surface area contributed by atoms with Crippen molar-refractivity contribution in [1.82, 2.24) is 0 Å². The maximum atomic E-state index is 13.7. The zero-order chi connectivity index (χ0) is 26.6. The second-order valence-electron chi connectivity index (χ2n) is 12.5. The van der Waals surface area contributed by atoms with Crippen molar-refractivity contribution in [2.75, 3.05) is 7.11 Å². The maximum absolute atomic E-state index is 13.7. The van der Waals surface area contributed by atoms with Crippen molar-refractivity contribution in [2.24, 2.45) is 27.6 Å². The lowest BCUT2D eigenvalue weighted by atomic mass is 9.40. The first kappa shape index (κ1) is 24.9. The molecule has 0 heterocycles. The van der Waals surface area contributed by atoms with Crippen LogP contribution < -0.4 is 0 Å². The summed E-state index contributed by atoms with van der Waals surface area (Å²) in [6.07, 6.45) is 6.69. The molecule has 0 aromatic heterocycles. The van der Waals surface area contributed by atoms with Crippen LogP contribution in [0.5, 0.6) is 0 Å². The van der Waals surface area contributed by atoms with Gasteiger partial charge in [-0.3, -0.25) is 14.4 Å². The molecule has 6 nitrogen and oxygen atoms in total. The van der Waals surface area contributed by atoms with Gasteiger partial charge >= 0.3 is 5.97 Å². The van der Waals surface area contributed by atoms with Crippen molar-refractivity contribution in [2.45, 2.75) is 73.3 Å². The number of hydrogen-bond acceptors (Lipinski definition) is 6. The Balaban J connectivity index is 1.70. The topological polar surface area (TPSA) is 101 Å². The van der Waals surface area contributed by atoms with Crippen molar-refractivity contribution in [3.8, 4) is 0 Å². The van der Waals surface area contributed by atoms with Gasteiger partial charge in [-0.2, -0.15) is 0 Å². The van der Waals surface area contributed by atoms with E-state index in [2.05, 4.69) is 26.8 Å². The molecule has 0 spiro atoms. The molecule has 0 amide bonds. The van der Waals surface area contributed by atoms with E-state index in [-0.39, 0.29) is 23.2 Å². The van der Waals surface area contributed by atoms with Gasteiger partial charge in [0, 0.05) is 16.4 Å². The van der Waals surface area contributed by atoms with Gasteiger partial charge in [0.15, 0.2) is 11.5 Å². The predicted molar refractivity (Wildman–Crippen MR) is 135 cm³/mol. The number of carbonyl (C=O) groups excluding carboxylic acids is 3. The Morgan fingerprint density at radius 1 is 1.03 bits per heavy atom. The van der Waals surface area contributed by atoms with Crippen LogP contribution in [-0.2, 0) is 19.1 Å². The molecule has 5 aliphatic carbocycles. The summed E-state index contributed by atoms with van der Waals surface area (Å²) in [5.74, 6) is -1.56. The number of rotatable bonds is 1. The summed E-state index contributed by atoms with van der Waals surface area (Å²) in [6, 6.07) is 0. The summed E-state index contributed by atoms with van der Waals surface area (Å²) in [6.45, 7) is 11.8. The molecule has 0 aliphatic heterocycles. The summed E-state index contributed by atoms with van der Waals surface area (Å²) < 4.78 is 5.06. The van der Waals surface area contributed by atoms with Gasteiger partial charge in [0.25, 0.3) is 0 Å². The summed E-state index contributed by atoms with van der Waals surface area (Å²) in [5, 5.41) is 21.3. The van der Waals surface area contributed by atoms with Gasteiger partial charge < -0.3 is 14.9 Å². The first-order valence-corrected chi connectivity index (χ1v) is 12.8. The molecule has 2 saturated carbocycles. The van der Waals surface area contributed by atoms with Gasteiger partial charge in [0.2, 0.25) is 5.78 Å². The molecule has 2 N–H and O–H groups in total. The Kier molecular flexibility index (Phi) is 5.13. The Hall–Kier alpha value is -2.73. The quantitative estimate of drug-likeness (QED) is 0.507. The number of hydrogen-bond donors (Lipinski definition) is 2. The highest BCUT2D eigenvalue weighted by Crippen LogP contribution is 2.70. The van der Waals surface area contributed by atoms with E-state index in [0.717, 1.165) is 35.1 Å². The number of ether oxygens (including phenoxy) is 1.